The summed E-state index contributed by atoms with van der Waals surface area (Å²) >= 11 is 12.2. The van der Waals surface area contributed by atoms with Gasteiger partial charge in [-0.3, -0.25) is 0 Å². The molecule has 1 aliphatic carbocycles. The van der Waals surface area contributed by atoms with Gasteiger partial charge in [-0.05, 0) is 55.7 Å². The van der Waals surface area contributed by atoms with Gasteiger partial charge in [-0.15, -0.1) is 0 Å². The molecule has 1 aromatic rings. The van der Waals surface area contributed by atoms with Crippen molar-refractivity contribution < 1.29 is 0 Å². The van der Waals surface area contributed by atoms with Crippen LogP contribution in [0.4, 0.5) is 0 Å². The summed E-state index contributed by atoms with van der Waals surface area (Å²) in [7, 11) is 0. The minimum atomic E-state index is -0.234. The van der Waals surface area contributed by atoms with Crippen LogP contribution in [0.1, 0.15) is 51.0 Å². The van der Waals surface area contributed by atoms with Crippen LogP contribution in [-0.4, -0.2) is 0 Å². The van der Waals surface area contributed by atoms with Crippen molar-refractivity contribution in [2.75, 3.05) is 0 Å². The predicted octanol–water partition coefficient (Wildman–Crippen LogP) is 6.04. The lowest BCUT2D eigenvalue weighted by atomic mass is 9.67. The Labute approximate surface area is 131 Å². The summed E-state index contributed by atoms with van der Waals surface area (Å²) in [6.45, 7) is 2.24. The van der Waals surface area contributed by atoms with Gasteiger partial charge in [-0.2, -0.15) is 5.26 Å². The van der Waals surface area contributed by atoms with Gasteiger partial charge in [-0.1, -0.05) is 49.0 Å². The summed E-state index contributed by atoms with van der Waals surface area (Å²) in [6.07, 6.45) is 7.62. The number of benzene rings is 1. The maximum absolute atomic E-state index is 9.65. The van der Waals surface area contributed by atoms with Crippen LogP contribution in [0.5, 0.6) is 0 Å². The van der Waals surface area contributed by atoms with Crippen molar-refractivity contribution in [3.63, 3.8) is 0 Å². The maximum Gasteiger partial charge on any atom is 0.0693 e. The summed E-state index contributed by atoms with van der Waals surface area (Å²) in [5.74, 6) is 0.808. The zero-order valence-electron chi connectivity index (χ0n) is 12.0. The van der Waals surface area contributed by atoms with Gasteiger partial charge in [0.05, 0.1) is 11.5 Å². The van der Waals surface area contributed by atoms with E-state index in [-0.39, 0.29) is 5.41 Å². The fourth-order valence-corrected chi connectivity index (χ4v) is 3.76. The second-order valence-corrected chi connectivity index (χ2v) is 6.88. The van der Waals surface area contributed by atoms with Gasteiger partial charge in [0.15, 0.2) is 0 Å². The molecule has 0 saturated heterocycles. The molecule has 1 aliphatic rings. The quantitative estimate of drug-likeness (QED) is 0.665. The Balaban J connectivity index is 2.08. The van der Waals surface area contributed by atoms with E-state index in [4.69, 9.17) is 23.2 Å². The number of hydrogen-bond donors (Lipinski definition) is 0. The first-order valence-electron chi connectivity index (χ1n) is 7.44. The molecule has 1 nitrogen and oxygen atoms in total. The minimum absolute atomic E-state index is 0.234. The highest BCUT2D eigenvalue weighted by Crippen LogP contribution is 2.43. The van der Waals surface area contributed by atoms with Gasteiger partial charge < -0.3 is 0 Å². The fraction of sp³-hybridized carbons (Fsp3) is 0.588. The van der Waals surface area contributed by atoms with Crippen LogP contribution in [0, 0.1) is 22.7 Å². The zero-order valence-corrected chi connectivity index (χ0v) is 13.5. The molecule has 2 rings (SSSR count). The molecule has 1 fully saturated rings. The second kappa shape index (κ2) is 6.83. The maximum atomic E-state index is 9.65. The zero-order chi connectivity index (χ0) is 14.6. The first kappa shape index (κ1) is 15.7. The van der Waals surface area contributed by atoms with Crippen LogP contribution < -0.4 is 0 Å². The third-order valence-electron chi connectivity index (χ3n) is 4.54. The second-order valence-electron chi connectivity index (χ2n) is 6.04. The molecule has 1 saturated carbocycles. The fourth-order valence-electron chi connectivity index (χ4n) is 3.28. The van der Waals surface area contributed by atoms with E-state index < -0.39 is 0 Å². The van der Waals surface area contributed by atoms with Crippen molar-refractivity contribution >= 4 is 23.2 Å². The van der Waals surface area contributed by atoms with E-state index in [1.165, 1.54) is 25.7 Å². The Morgan fingerprint density at radius 2 is 2.00 bits per heavy atom. The summed E-state index contributed by atoms with van der Waals surface area (Å²) in [6, 6.07) is 8.17. The number of halogens is 2. The Bertz CT molecular complexity index is 496. The van der Waals surface area contributed by atoms with Crippen molar-refractivity contribution in [3.8, 4) is 6.07 Å². The molecule has 3 heteroatoms. The normalized spacial score (nSPS) is 26.2. The molecule has 0 radical (unpaired) electrons. The largest absolute Gasteiger partial charge is 0.198 e. The van der Waals surface area contributed by atoms with Crippen LogP contribution in [0.3, 0.4) is 0 Å². The van der Waals surface area contributed by atoms with Crippen LogP contribution in [0.25, 0.3) is 0 Å². The average molecular weight is 310 g/mol. The summed E-state index contributed by atoms with van der Waals surface area (Å²) in [4.78, 5) is 0. The van der Waals surface area contributed by atoms with Gasteiger partial charge in [0.2, 0.25) is 0 Å². The Kier molecular flexibility index (Phi) is 5.35. The van der Waals surface area contributed by atoms with E-state index in [2.05, 4.69) is 13.0 Å². The van der Waals surface area contributed by atoms with Crippen molar-refractivity contribution in [2.24, 2.45) is 11.3 Å². The molecule has 0 aliphatic heterocycles. The first-order valence-corrected chi connectivity index (χ1v) is 8.19. The van der Waals surface area contributed by atoms with Crippen LogP contribution in [-0.2, 0) is 6.42 Å². The monoisotopic (exact) mass is 309 g/mol. The summed E-state index contributed by atoms with van der Waals surface area (Å²) in [5.41, 5.74) is 0.813. The smallest absolute Gasteiger partial charge is 0.0693 e. The lowest BCUT2D eigenvalue weighted by molar-refractivity contribution is 0.201. The standard InChI is InChI=1S/C17H21Cl2N/c1-2-3-13-6-8-17(12-20,9-7-13)11-14-4-5-15(18)10-16(14)19/h4-5,10,13H,2-3,6-9,11H2,1H3. The minimum Gasteiger partial charge on any atom is -0.198 e. The average Bonchev–Trinajstić information content (AvgIpc) is 2.45. The molecular formula is C17H21Cl2N. The predicted molar refractivity (Wildman–Crippen MR) is 85.1 cm³/mol. The van der Waals surface area contributed by atoms with Gasteiger partial charge in [-0.25, -0.2) is 0 Å². The van der Waals surface area contributed by atoms with E-state index in [9.17, 15) is 5.26 Å². The van der Waals surface area contributed by atoms with E-state index in [0.717, 1.165) is 30.7 Å². The molecule has 0 unspecified atom stereocenters. The SMILES string of the molecule is CCCC1CCC(C#N)(Cc2ccc(Cl)cc2Cl)CC1. The molecule has 0 N–H and O–H groups in total. The third kappa shape index (κ3) is 3.68. The molecule has 0 atom stereocenters. The van der Waals surface area contributed by atoms with Gasteiger partial charge >= 0.3 is 0 Å². The molecule has 0 bridgehead atoms. The Morgan fingerprint density at radius 3 is 2.55 bits per heavy atom. The molecule has 0 spiro atoms. The first-order chi connectivity index (χ1) is 9.58. The Hall–Kier alpha value is -0.710. The summed E-state index contributed by atoms with van der Waals surface area (Å²) < 4.78 is 0. The molecule has 0 aromatic heterocycles. The van der Waals surface area contributed by atoms with E-state index in [0.29, 0.717) is 10.0 Å². The van der Waals surface area contributed by atoms with Crippen LogP contribution >= 0.6 is 23.2 Å². The lowest BCUT2D eigenvalue weighted by Gasteiger charge is -2.35. The third-order valence-corrected chi connectivity index (χ3v) is 5.13. The van der Waals surface area contributed by atoms with Crippen molar-refractivity contribution in [1.29, 1.82) is 5.26 Å². The van der Waals surface area contributed by atoms with Crippen molar-refractivity contribution in [2.45, 2.75) is 51.9 Å². The Morgan fingerprint density at radius 1 is 1.30 bits per heavy atom. The molecule has 0 amide bonds. The van der Waals surface area contributed by atoms with Gasteiger partial charge in [0.1, 0.15) is 0 Å². The highest BCUT2D eigenvalue weighted by Gasteiger charge is 2.35. The highest BCUT2D eigenvalue weighted by atomic mass is 35.5. The molecule has 20 heavy (non-hydrogen) atoms. The topological polar surface area (TPSA) is 23.8 Å². The van der Waals surface area contributed by atoms with E-state index >= 15 is 0 Å². The number of rotatable bonds is 4. The molecule has 1 aromatic carbocycles. The number of nitrogens with zero attached hydrogens (tertiary/aromatic N) is 1. The summed E-state index contributed by atoms with van der Waals surface area (Å²) in [5, 5.41) is 11.0. The van der Waals surface area contributed by atoms with E-state index in [1.54, 1.807) is 6.07 Å². The van der Waals surface area contributed by atoms with Crippen LogP contribution in [0.15, 0.2) is 18.2 Å². The van der Waals surface area contributed by atoms with Gasteiger partial charge in [0, 0.05) is 10.0 Å². The van der Waals surface area contributed by atoms with Crippen molar-refractivity contribution in [3.05, 3.63) is 33.8 Å². The van der Waals surface area contributed by atoms with Gasteiger partial charge in [0.25, 0.3) is 0 Å². The van der Waals surface area contributed by atoms with E-state index in [1.807, 2.05) is 12.1 Å². The lowest BCUT2D eigenvalue weighted by Crippen LogP contribution is -2.28. The van der Waals surface area contributed by atoms with Crippen LogP contribution in [0.2, 0.25) is 10.0 Å². The molecule has 0 heterocycles. The molecular weight excluding hydrogens is 289 g/mol. The number of nitriles is 1. The number of hydrogen-bond acceptors (Lipinski definition) is 1. The molecule has 108 valence electrons. The van der Waals surface area contributed by atoms with Crippen molar-refractivity contribution in [1.82, 2.24) is 0 Å². The highest BCUT2D eigenvalue weighted by molar-refractivity contribution is 6.35.